The lowest BCUT2D eigenvalue weighted by Gasteiger charge is -2.49. The Bertz CT molecular complexity index is 1180. The van der Waals surface area contributed by atoms with E-state index in [1.807, 2.05) is 30.4 Å². The van der Waals surface area contributed by atoms with Crippen LogP contribution >= 0.6 is 0 Å². The van der Waals surface area contributed by atoms with Crippen LogP contribution in [0.3, 0.4) is 0 Å². The van der Waals surface area contributed by atoms with E-state index in [1.165, 1.54) is 0 Å². The van der Waals surface area contributed by atoms with Gasteiger partial charge in [-0.2, -0.15) is 14.4 Å². The quantitative estimate of drug-likeness (QED) is 0.594. The van der Waals surface area contributed by atoms with Crippen LogP contribution in [-0.4, -0.2) is 77.0 Å². The molecule has 10 nitrogen and oxygen atoms in total. The zero-order valence-electron chi connectivity index (χ0n) is 20.7. The maximum absolute atomic E-state index is 12.8. The second-order valence-electron chi connectivity index (χ2n) is 9.76. The van der Waals surface area contributed by atoms with Gasteiger partial charge in [0, 0.05) is 43.0 Å². The van der Waals surface area contributed by atoms with E-state index in [1.54, 1.807) is 6.92 Å². The van der Waals surface area contributed by atoms with Crippen molar-refractivity contribution in [1.82, 2.24) is 24.5 Å². The Balaban J connectivity index is 1.44. The monoisotopic (exact) mass is 501 g/mol. The Morgan fingerprint density at radius 1 is 1.20 bits per heavy atom. The second-order valence-corrected chi connectivity index (χ2v) is 11.9. The number of nitrogens with one attached hydrogen (secondary N) is 2. The van der Waals surface area contributed by atoms with E-state index in [-0.39, 0.29) is 23.9 Å². The van der Waals surface area contributed by atoms with Crippen molar-refractivity contribution in [3.8, 4) is 0 Å². The number of aryl methyl sites for hydroxylation is 1. The van der Waals surface area contributed by atoms with Gasteiger partial charge in [0.05, 0.1) is 24.7 Å². The molecule has 3 aliphatic heterocycles. The zero-order chi connectivity index (χ0) is 24.6. The van der Waals surface area contributed by atoms with Crippen molar-refractivity contribution >= 4 is 33.2 Å². The highest BCUT2D eigenvalue weighted by molar-refractivity contribution is 7.89. The SMILES string of the molecule is CCS(=O)(=O)N1[C@@H]2CCC[C@H]1CC(N(C)c1nc(Nc3cc(C)[nH]n3)cc(C3=CCOCC3)n1)C2. The van der Waals surface area contributed by atoms with E-state index in [2.05, 4.69) is 26.5 Å². The maximum atomic E-state index is 12.8. The molecule has 0 spiro atoms. The van der Waals surface area contributed by atoms with Crippen LogP contribution in [0, 0.1) is 6.92 Å². The van der Waals surface area contributed by atoms with Crippen molar-refractivity contribution in [2.45, 2.75) is 70.5 Å². The number of rotatable bonds is 7. The first-order valence-electron chi connectivity index (χ1n) is 12.5. The van der Waals surface area contributed by atoms with Crippen LogP contribution in [0.2, 0.25) is 0 Å². The molecule has 5 rings (SSSR count). The van der Waals surface area contributed by atoms with Crippen LogP contribution in [0.4, 0.5) is 17.6 Å². The molecule has 0 radical (unpaired) electrons. The topological polar surface area (TPSA) is 116 Å². The fourth-order valence-electron chi connectivity index (χ4n) is 5.59. The van der Waals surface area contributed by atoms with Crippen LogP contribution in [0.5, 0.6) is 0 Å². The third-order valence-corrected chi connectivity index (χ3v) is 9.37. The van der Waals surface area contributed by atoms with Crippen molar-refractivity contribution in [2.24, 2.45) is 0 Å². The Morgan fingerprint density at radius 3 is 2.60 bits per heavy atom. The Morgan fingerprint density at radius 2 is 1.97 bits per heavy atom. The molecule has 2 N–H and O–H groups in total. The molecule has 2 bridgehead atoms. The summed E-state index contributed by atoms with van der Waals surface area (Å²) in [4.78, 5) is 11.9. The van der Waals surface area contributed by atoms with Crippen molar-refractivity contribution in [1.29, 1.82) is 0 Å². The maximum Gasteiger partial charge on any atom is 0.227 e. The number of hydrogen-bond donors (Lipinski definition) is 2. The predicted molar refractivity (Wildman–Crippen MR) is 136 cm³/mol. The summed E-state index contributed by atoms with van der Waals surface area (Å²) in [7, 11) is -1.18. The van der Waals surface area contributed by atoms with E-state index in [9.17, 15) is 8.42 Å². The average Bonchev–Trinajstić information content (AvgIpc) is 3.27. The molecule has 0 amide bonds. The Kier molecular flexibility index (Phi) is 6.82. The third kappa shape index (κ3) is 5.07. The van der Waals surface area contributed by atoms with Gasteiger partial charge < -0.3 is 15.0 Å². The van der Waals surface area contributed by atoms with Gasteiger partial charge in [-0.05, 0) is 51.5 Å². The van der Waals surface area contributed by atoms with Gasteiger partial charge in [0.1, 0.15) is 5.82 Å². The molecule has 0 aromatic carbocycles. The number of ether oxygens (including phenoxy) is 1. The third-order valence-electron chi connectivity index (χ3n) is 7.40. The van der Waals surface area contributed by atoms with Crippen LogP contribution in [0.15, 0.2) is 18.2 Å². The first-order chi connectivity index (χ1) is 16.8. The molecule has 2 aromatic heterocycles. The summed E-state index contributed by atoms with van der Waals surface area (Å²) in [6, 6.07) is 4.16. The molecule has 11 heteroatoms. The van der Waals surface area contributed by atoms with Gasteiger partial charge in [0.15, 0.2) is 5.82 Å². The lowest BCUT2D eigenvalue weighted by molar-refractivity contribution is 0.109. The highest BCUT2D eigenvalue weighted by atomic mass is 32.2. The van der Waals surface area contributed by atoms with Gasteiger partial charge in [-0.3, -0.25) is 5.10 Å². The molecule has 3 aliphatic rings. The van der Waals surface area contributed by atoms with Gasteiger partial charge in [0.2, 0.25) is 16.0 Å². The summed E-state index contributed by atoms with van der Waals surface area (Å²) in [6.07, 6.45) is 7.38. The van der Waals surface area contributed by atoms with Gasteiger partial charge in [-0.1, -0.05) is 12.5 Å². The van der Waals surface area contributed by atoms with Gasteiger partial charge >= 0.3 is 0 Å². The van der Waals surface area contributed by atoms with Crippen LogP contribution in [0.1, 0.15) is 56.8 Å². The Labute approximate surface area is 207 Å². The Hall–Kier alpha value is -2.50. The summed E-state index contributed by atoms with van der Waals surface area (Å²) >= 11 is 0. The molecule has 1 unspecified atom stereocenters. The number of sulfonamides is 1. The summed E-state index contributed by atoms with van der Waals surface area (Å²) in [5, 5.41) is 10.6. The summed E-state index contributed by atoms with van der Waals surface area (Å²) in [6.45, 7) is 4.95. The number of fused-ring (bicyclic) bond motifs is 2. The minimum absolute atomic E-state index is 0.0471. The van der Waals surface area contributed by atoms with Gasteiger partial charge in [-0.25, -0.2) is 13.4 Å². The number of H-pyrrole nitrogens is 1. The molecule has 2 saturated heterocycles. The van der Waals surface area contributed by atoms with E-state index < -0.39 is 10.0 Å². The summed E-state index contributed by atoms with van der Waals surface area (Å²) in [5.74, 6) is 2.18. The smallest absolute Gasteiger partial charge is 0.227 e. The molecule has 3 atom stereocenters. The molecule has 190 valence electrons. The number of hydrogen-bond acceptors (Lipinski definition) is 8. The average molecular weight is 502 g/mol. The molecule has 0 saturated carbocycles. The van der Waals surface area contributed by atoms with Crippen molar-refractivity contribution in [3.63, 3.8) is 0 Å². The fraction of sp³-hybridized carbons (Fsp3) is 0.625. The first-order valence-corrected chi connectivity index (χ1v) is 14.1. The van der Waals surface area contributed by atoms with Crippen LogP contribution in [-0.2, 0) is 14.8 Å². The molecular formula is C24H35N7O3S. The lowest BCUT2D eigenvalue weighted by Crippen LogP contribution is -2.58. The van der Waals surface area contributed by atoms with E-state index in [0.717, 1.165) is 55.5 Å². The second kappa shape index (κ2) is 9.87. The molecular weight excluding hydrogens is 466 g/mol. The molecule has 5 heterocycles. The summed E-state index contributed by atoms with van der Waals surface area (Å²) in [5.41, 5.74) is 2.99. The number of aromatic amines is 1. The molecule has 0 aliphatic carbocycles. The van der Waals surface area contributed by atoms with E-state index in [4.69, 9.17) is 14.7 Å². The molecule has 2 fully saturated rings. The van der Waals surface area contributed by atoms with Crippen molar-refractivity contribution in [3.05, 3.63) is 29.6 Å². The number of aromatic nitrogens is 4. The van der Waals surface area contributed by atoms with Crippen LogP contribution in [0.25, 0.3) is 5.57 Å². The lowest BCUT2D eigenvalue weighted by atomic mass is 9.83. The number of nitrogens with zero attached hydrogens (tertiary/aromatic N) is 5. The van der Waals surface area contributed by atoms with Gasteiger partial charge in [-0.15, -0.1) is 0 Å². The highest BCUT2D eigenvalue weighted by Crippen LogP contribution is 2.38. The minimum Gasteiger partial charge on any atom is -0.377 e. The van der Waals surface area contributed by atoms with Gasteiger partial charge in [0.25, 0.3) is 0 Å². The minimum atomic E-state index is -3.21. The highest BCUT2D eigenvalue weighted by Gasteiger charge is 2.45. The normalized spacial score (nSPS) is 25.2. The predicted octanol–water partition coefficient (Wildman–Crippen LogP) is 3.23. The van der Waals surface area contributed by atoms with E-state index in [0.29, 0.717) is 30.8 Å². The molecule has 35 heavy (non-hydrogen) atoms. The van der Waals surface area contributed by atoms with Crippen LogP contribution < -0.4 is 10.2 Å². The largest absolute Gasteiger partial charge is 0.377 e. The number of anilines is 3. The zero-order valence-corrected chi connectivity index (χ0v) is 21.5. The summed E-state index contributed by atoms with van der Waals surface area (Å²) < 4.78 is 32.9. The number of piperidine rings is 2. The first kappa shape index (κ1) is 24.2. The standard InChI is InChI=1S/C24H35N7O3S/c1-4-35(32,33)31-18-6-5-7-19(31)14-20(13-18)30(3)24-25-21(17-8-10-34-11-9-17)15-22(27-24)26-23-12-16(2)28-29-23/h8,12,15,18-20H,4-7,9-11,13-14H2,1-3H3,(H2,25,26,27,28,29)/t18-,19+,20?. The van der Waals surface area contributed by atoms with Crippen molar-refractivity contribution < 1.29 is 13.2 Å². The van der Waals surface area contributed by atoms with E-state index >= 15 is 0 Å². The fourth-order valence-corrected chi connectivity index (χ4v) is 7.18. The molecule has 2 aromatic rings. The van der Waals surface area contributed by atoms with Crippen molar-refractivity contribution in [2.75, 3.05) is 36.2 Å².